The van der Waals surface area contributed by atoms with Gasteiger partial charge in [0.2, 0.25) is 11.7 Å². The van der Waals surface area contributed by atoms with Gasteiger partial charge in [-0.2, -0.15) is 4.98 Å². The lowest BCUT2D eigenvalue weighted by atomic mass is 9.99. The normalized spacial score (nSPS) is 12.0. The summed E-state index contributed by atoms with van der Waals surface area (Å²) in [4.78, 5) is 4.54. The Labute approximate surface area is 165 Å². The van der Waals surface area contributed by atoms with Gasteiger partial charge in [-0.25, -0.2) is 0 Å². The van der Waals surface area contributed by atoms with Gasteiger partial charge in [0.1, 0.15) is 0 Å². The average Bonchev–Trinajstić information content (AvgIpc) is 3.22. The zero-order chi connectivity index (χ0) is 19.2. The number of benzene rings is 3. The summed E-state index contributed by atoms with van der Waals surface area (Å²) >= 11 is 0. The number of aryl methyl sites for hydroxylation is 1. The number of aromatic nitrogens is 2. The van der Waals surface area contributed by atoms with Crippen molar-refractivity contribution in [2.24, 2.45) is 0 Å². The van der Waals surface area contributed by atoms with Crippen LogP contribution < -0.4 is 5.32 Å². The second kappa shape index (κ2) is 8.63. The third-order valence-corrected chi connectivity index (χ3v) is 4.76. The highest BCUT2D eigenvalue weighted by atomic mass is 16.5. The van der Waals surface area contributed by atoms with E-state index in [2.05, 4.69) is 83.0 Å². The van der Waals surface area contributed by atoms with Crippen molar-refractivity contribution in [3.63, 3.8) is 0 Å². The van der Waals surface area contributed by atoms with Crippen LogP contribution in [0.25, 0.3) is 11.4 Å². The first-order chi connectivity index (χ1) is 13.8. The van der Waals surface area contributed by atoms with Crippen LogP contribution in [-0.4, -0.2) is 10.1 Å². The largest absolute Gasteiger partial charge is 0.338 e. The van der Waals surface area contributed by atoms with Crippen molar-refractivity contribution >= 4 is 0 Å². The lowest BCUT2D eigenvalue weighted by Crippen LogP contribution is -2.23. The summed E-state index contributed by atoms with van der Waals surface area (Å²) in [7, 11) is 0. The Balaban J connectivity index is 1.48. The lowest BCUT2D eigenvalue weighted by Gasteiger charge is -2.18. The van der Waals surface area contributed by atoms with Crippen molar-refractivity contribution in [1.29, 1.82) is 0 Å². The van der Waals surface area contributed by atoms with E-state index in [1.54, 1.807) is 0 Å². The molecule has 3 aromatic carbocycles. The van der Waals surface area contributed by atoms with Crippen molar-refractivity contribution in [3.05, 3.63) is 108 Å². The smallest absolute Gasteiger partial charge is 0.240 e. The molecule has 28 heavy (non-hydrogen) atoms. The van der Waals surface area contributed by atoms with Crippen LogP contribution in [0.3, 0.4) is 0 Å². The first-order valence-electron chi connectivity index (χ1n) is 9.50. The van der Waals surface area contributed by atoms with Crippen LogP contribution in [0.1, 0.15) is 28.6 Å². The zero-order valence-corrected chi connectivity index (χ0v) is 15.9. The van der Waals surface area contributed by atoms with Crippen LogP contribution in [0.5, 0.6) is 0 Å². The molecular formula is C24H23N3O. The van der Waals surface area contributed by atoms with Crippen LogP contribution in [0, 0.1) is 6.92 Å². The molecule has 4 aromatic rings. The van der Waals surface area contributed by atoms with E-state index in [-0.39, 0.29) is 6.04 Å². The van der Waals surface area contributed by atoms with Crippen molar-refractivity contribution in [2.45, 2.75) is 25.9 Å². The third-order valence-electron chi connectivity index (χ3n) is 4.76. The van der Waals surface area contributed by atoms with Crippen molar-refractivity contribution < 1.29 is 4.52 Å². The standard InChI is InChI=1S/C24H23N3O/c1-18-12-14-21(15-13-18)24-26-23(28-27-24)17-25-22(20-10-6-3-7-11-20)16-19-8-4-2-5-9-19/h2-15,22,25H,16-17H2,1H3. The molecule has 1 aromatic heterocycles. The van der Waals surface area contributed by atoms with Crippen molar-refractivity contribution in [2.75, 3.05) is 0 Å². The maximum atomic E-state index is 5.46. The summed E-state index contributed by atoms with van der Waals surface area (Å²) in [5, 5.41) is 7.70. The minimum atomic E-state index is 0.165. The quantitative estimate of drug-likeness (QED) is 0.491. The molecule has 0 aliphatic carbocycles. The van der Waals surface area contributed by atoms with Gasteiger partial charge in [0, 0.05) is 11.6 Å². The molecule has 0 amide bonds. The highest BCUT2D eigenvalue weighted by molar-refractivity contribution is 5.54. The molecule has 140 valence electrons. The van der Waals surface area contributed by atoms with E-state index in [4.69, 9.17) is 4.52 Å². The number of nitrogens with zero attached hydrogens (tertiary/aromatic N) is 2. The fourth-order valence-electron chi connectivity index (χ4n) is 3.20. The van der Waals surface area contributed by atoms with Gasteiger partial charge in [0.15, 0.2) is 0 Å². The van der Waals surface area contributed by atoms with E-state index < -0.39 is 0 Å². The molecule has 1 atom stereocenters. The lowest BCUT2D eigenvalue weighted by molar-refractivity contribution is 0.357. The maximum Gasteiger partial charge on any atom is 0.240 e. The van der Waals surface area contributed by atoms with Gasteiger partial charge in [0.25, 0.3) is 0 Å². The molecule has 1 heterocycles. The monoisotopic (exact) mass is 369 g/mol. The topological polar surface area (TPSA) is 51.0 Å². The van der Waals surface area contributed by atoms with Gasteiger partial charge in [-0.15, -0.1) is 0 Å². The van der Waals surface area contributed by atoms with Crippen LogP contribution in [0.2, 0.25) is 0 Å². The average molecular weight is 369 g/mol. The Kier molecular flexibility index (Phi) is 5.59. The fraction of sp³-hybridized carbons (Fsp3) is 0.167. The predicted molar refractivity (Wildman–Crippen MR) is 111 cm³/mol. The van der Waals surface area contributed by atoms with E-state index >= 15 is 0 Å². The summed E-state index contributed by atoms with van der Waals surface area (Å²) in [6.45, 7) is 2.58. The van der Waals surface area contributed by atoms with Gasteiger partial charge < -0.3 is 9.84 Å². The molecule has 0 fully saturated rings. The summed E-state index contributed by atoms with van der Waals surface area (Å²) in [6, 6.07) is 29.2. The molecule has 0 spiro atoms. The highest BCUT2D eigenvalue weighted by Gasteiger charge is 2.14. The summed E-state index contributed by atoms with van der Waals surface area (Å²) < 4.78 is 5.46. The molecule has 4 heteroatoms. The molecule has 0 aliphatic heterocycles. The second-order valence-electron chi connectivity index (χ2n) is 6.91. The molecule has 4 nitrogen and oxygen atoms in total. The van der Waals surface area contributed by atoms with Gasteiger partial charge in [-0.1, -0.05) is 95.6 Å². The molecule has 1 unspecified atom stereocenters. The minimum absolute atomic E-state index is 0.165. The fourth-order valence-corrected chi connectivity index (χ4v) is 3.20. The molecular weight excluding hydrogens is 346 g/mol. The van der Waals surface area contributed by atoms with E-state index in [0.29, 0.717) is 18.3 Å². The molecule has 0 saturated carbocycles. The molecule has 0 radical (unpaired) electrons. The Bertz CT molecular complexity index is 995. The summed E-state index contributed by atoms with van der Waals surface area (Å²) in [5.74, 6) is 1.21. The van der Waals surface area contributed by atoms with E-state index in [1.807, 2.05) is 24.3 Å². The summed E-state index contributed by atoms with van der Waals surface area (Å²) in [5.41, 5.74) is 4.70. The number of rotatable bonds is 7. The number of hydrogen-bond acceptors (Lipinski definition) is 4. The van der Waals surface area contributed by atoms with Crippen LogP contribution >= 0.6 is 0 Å². The first kappa shape index (κ1) is 18.1. The zero-order valence-electron chi connectivity index (χ0n) is 15.9. The van der Waals surface area contributed by atoms with Gasteiger partial charge in [0.05, 0.1) is 6.54 Å². The SMILES string of the molecule is Cc1ccc(-c2noc(CNC(Cc3ccccc3)c3ccccc3)n2)cc1. The molecule has 0 saturated heterocycles. The second-order valence-corrected chi connectivity index (χ2v) is 6.91. The van der Waals surface area contributed by atoms with Gasteiger partial charge >= 0.3 is 0 Å². The number of nitrogens with one attached hydrogen (secondary N) is 1. The minimum Gasteiger partial charge on any atom is -0.338 e. The Morgan fingerprint density at radius 3 is 2.25 bits per heavy atom. The predicted octanol–water partition coefficient (Wildman–Crippen LogP) is 5.12. The molecule has 0 bridgehead atoms. The Morgan fingerprint density at radius 2 is 1.54 bits per heavy atom. The van der Waals surface area contributed by atoms with Crippen molar-refractivity contribution in [1.82, 2.24) is 15.5 Å². The Hall–Kier alpha value is -3.24. The van der Waals surface area contributed by atoms with Crippen LogP contribution in [-0.2, 0) is 13.0 Å². The molecule has 1 N–H and O–H groups in total. The van der Waals surface area contributed by atoms with Crippen molar-refractivity contribution in [3.8, 4) is 11.4 Å². The van der Waals surface area contributed by atoms with Gasteiger partial charge in [-0.3, -0.25) is 0 Å². The third kappa shape index (κ3) is 4.53. The molecule has 0 aliphatic rings. The summed E-state index contributed by atoms with van der Waals surface area (Å²) in [6.07, 6.45) is 0.893. The van der Waals surface area contributed by atoms with E-state index in [1.165, 1.54) is 16.7 Å². The highest BCUT2D eigenvalue weighted by Crippen LogP contribution is 2.20. The van der Waals surface area contributed by atoms with E-state index in [0.717, 1.165) is 12.0 Å². The van der Waals surface area contributed by atoms with Gasteiger partial charge in [-0.05, 0) is 24.5 Å². The first-order valence-corrected chi connectivity index (χ1v) is 9.50. The van der Waals surface area contributed by atoms with Crippen LogP contribution in [0.4, 0.5) is 0 Å². The maximum absolute atomic E-state index is 5.46. The van der Waals surface area contributed by atoms with Crippen LogP contribution in [0.15, 0.2) is 89.5 Å². The van der Waals surface area contributed by atoms with E-state index in [9.17, 15) is 0 Å². The number of hydrogen-bond donors (Lipinski definition) is 1. The Morgan fingerprint density at radius 1 is 0.857 bits per heavy atom. The molecule has 4 rings (SSSR count).